The van der Waals surface area contributed by atoms with Gasteiger partial charge in [0.1, 0.15) is 0 Å². The van der Waals surface area contributed by atoms with E-state index in [1.165, 1.54) is 45.1 Å². The summed E-state index contributed by atoms with van der Waals surface area (Å²) >= 11 is 0. The maximum Gasteiger partial charge on any atom is 0.00955 e. The molecule has 1 aliphatic heterocycles. The van der Waals surface area contributed by atoms with Crippen molar-refractivity contribution in [2.24, 2.45) is 23.2 Å². The molecule has 0 aromatic rings. The summed E-state index contributed by atoms with van der Waals surface area (Å²) in [6, 6.07) is 0.840. The Morgan fingerprint density at radius 1 is 0.882 bits per heavy atom. The van der Waals surface area contributed by atoms with Gasteiger partial charge >= 0.3 is 0 Å². The van der Waals surface area contributed by atoms with Crippen LogP contribution in [-0.2, 0) is 0 Å². The van der Waals surface area contributed by atoms with Crippen LogP contribution in [0.15, 0.2) is 0 Å². The van der Waals surface area contributed by atoms with E-state index >= 15 is 0 Å². The van der Waals surface area contributed by atoms with Crippen molar-refractivity contribution >= 4 is 0 Å². The molecule has 1 saturated carbocycles. The van der Waals surface area contributed by atoms with Crippen LogP contribution in [0.5, 0.6) is 0 Å². The van der Waals surface area contributed by atoms with Gasteiger partial charge in [-0.15, -0.1) is 0 Å². The van der Waals surface area contributed by atoms with E-state index in [4.69, 9.17) is 0 Å². The van der Waals surface area contributed by atoms with Gasteiger partial charge < -0.3 is 5.32 Å². The van der Waals surface area contributed by atoms with Crippen LogP contribution in [0.3, 0.4) is 0 Å². The molecule has 2 aliphatic rings. The molecule has 0 aromatic heterocycles. The third-order valence-corrected chi connectivity index (χ3v) is 5.26. The molecule has 1 nitrogen and oxygen atoms in total. The van der Waals surface area contributed by atoms with Crippen LogP contribution >= 0.6 is 0 Å². The van der Waals surface area contributed by atoms with Gasteiger partial charge in [-0.05, 0) is 68.2 Å². The Hall–Kier alpha value is -0.0400. The number of rotatable bonds is 1. The largest absolute Gasteiger partial charge is 0.313 e. The fraction of sp³-hybridized carbons (Fsp3) is 1.00. The molecule has 1 heteroatoms. The molecule has 0 bridgehead atoms. The third kappa shape index (κ3) is 3.47. The molecule has 2 atom stereocenters. The van der Waals surface area contributed by atoms with Crippen molar-refractivity contribution in [3.05, 3.63) is 0 Å². The molecule has 0 aromatic carbocycles. The predicted octanol–water partition coefficient (Wildman–Crippen LogP) is 4.23. The molecule has 100 valence electrons. The lowest BCUT2D eigenvalue weighted by Crippen LogP contribution is -2.44. The highest BCUT2D eigenvalue weighted by Crippen LogP contribution is 2.41. The Morgan fingerprint density at radius 3 is 2.00 bits per heavy atom. The highest BCUT2D eigenvalue weighted by molar-refractivity contribution is 4.87. The van der Waals surface area contributed by atoms with Crippen molar-refractivity contribution in [2.75, 3.05) is 6.54 Å². The van der Waals surface area contributed by atoms with Gasteiger partial charge in [-0.25, -0.2) is 0 Å². The van der Waals surface area contributed by atoms with Crippen LogP contribution in [0, 0.1) is 23.2 Å². The van der Waals surface area contributed by atoms with Gasteiger partial charge in [0, 0.05) is 6.04 Å². The Balaban J connectivity index is 1.79. The molecule has 0 radical (unpaired) electrons. The summed E-state index contributed by atoms with van der Waals surface area (Å²) in [5, 5.41) is 3.79. The van der Waals surface area contributed by atoms with Crippen molar-refractivity contribution in [1.29, 1.82) is 0 Å². The standard InChI is InChI=1S/C16H31N/c1-12-5-10-15(17-11-12)13-6-8-14(9-7-13)16(2,3)4/h12-15,17H,5-11H2,1-4H3. The van der Waals surface area contributed by atoms with Crippen molar-refractivity contribution in [3.63, 3.8) is 0 Å². The second-order valence-corrected chi connectivity index (χ2v) is 7.67. The van der Waals surface area contributed by atoms with Crippen LogP contribution in [0.1, 0.15) is 66.2 Å². The molecule has 1 N–H and O–H groups in total. The zero-order valence-electron chi connectivity index (χ0n) is 12.3. The van der Waals surface area contributed by atoms with Gasteiger partial charge in [0.05, 0.1) is 0 Å². The van der Waals surface area contributed by atoms with E-state index in [1.54, 1.807) is 0 Å². The normalized spacial score (nSPS) is 40.2. The number of nitrogens with one attached hydrogen (secondary N) is 1. The van der Waals surface area contributed by atoms with Gasteiger partial charge in [-0.3, -0.25) is 0 Å². The first-order valence-electron chi connectivity index (χ1n) is 7.70. The Bertz CT molecular complexity index is 224. The smallest absolute Gasteiger partial charge is 0.00955 e. The van der Waals surface area contributed by atoms with E-state index in [2.05, 4.69) is 33.0 Å². The zero-order valence-corrected chi connectivity index (χ0v) is 12.3. The third-order valence-electron chi connectivity index (χ3n) is 5.26. The Morgan fingerprint density at radius 2 is 1.53 bits per heavy atom. The van der Waals surface area contributed by atoms with Gasteiger partial charge in [-0.2, -0.15) is 0 Å². The van der Waals surface area contributed by atoms with E-state index < -0.39 is 0 Å². The molecular weight excluding hydrogens is 206 g/mol. The molecule has 2 unspecified atom stereocenters. The average Bonchev–Trinajstić information content (AvgIpc) is 2.29. The summed E-state index contributed by atoms with van der Waals surface area (Å²) < 4.78 is 0. The lowest BCUT2D eigenvalue weighted by atomic mass is 9.68. The number of hydrogen-bond acceptors (Lipinski definition) is 1. The molecular formula is C16H31N. The molecule has 1 heterocycles. The van der Waals surface area contributed by atoms with Crippen LogP contribution in [0.4, 0.5) is 0 Å². The summed E-state index contributed by atoms with van der Waals surface area (Å²) in [4.78, 5) is 0. The van der Waals surface area contributed by atoms with Crippen molar-refractivity contribution in [3.8, 4) is 0 Å². The van der Waals surface area contributed by atoms with E-state index in [1.807, 2.05) is 0 Å². The fourth-order valence-electron chi connectivity index (χ4n) is 3.81. The van der Waals surface area contributed by atoms with Crippen LogP contribution in [-0.4, -0.2) is 12.6 Å². The molecule has 2 rings (SSSR count). The fourth-order valence-corrected chi connectivity index (χ4v) is 3.81. The van der Waals surface area contributed by atoms with Crippen molar-refractivity contribution in [2.45, 2.75) is 72.3 Å². The Labute approximate surface area is 108 Å². The summed E-state index contributed by atoms with van der Waals surface area (Å²) in [6.45, 7) is 10.9. The maximum absolute atomic E-state index is 3.79. The molecule has 0 spiro atoms. The lowest BCUT2D eigenvalue weighted by molar-refractivity contribution is 0.120. The first-order chi connectivity index (χ1) is 7.97. The summed E-state index contributed by atoms with van der Waals surface area (Å²) in [5.74, 6) is 2.83. The molecule has 1 saturated heterocycles. The number of hydrogen-bond donors (Lipinski definition) is 1. The quantitative estimate of drug-likeness (QED) is 0.720. The SMILES string of the molecule is CC1CCC(C2CCC(C(C)(C)C)CC2)NC1. The van der Waals surface area contributed by atoms with Gasteiger partial charge in [-0.1, -0.05) is 27.7 Å². The first kappa shape index (κ1) is 13.4. The maximum atomic E-state index is 3.79. The average molecular weight is 237 g/mol. The minimum Gasteiger partial charge on any atom is -0.313 e. The molecule has 1 aliphatic carbocycles. The van der Waals surface area contributed by atoms with Crippen LogP contribution in [0.2, 0.25) is 0 Å². The van der Waals surface area contributed by atoms with Crippen molar-refractivity contribution in [1.82, 2.24) is 5.32 Å². The van der Waals surface area contributed by atoms with E-state index in [0.29, 0.717) is 5.41 Å². The molecule has 2 fully saturated rings. The van der Waals surface area contributed by atoms with Gasteiger partial charge in [0.15, 0.2) is 0 Å². The molecule has 17 heavy (non-hydrogen) atoms. The van der Waals surface area contributed by atoms with Gasteiger partial charge in [0.25, 0.3) is 0 Å². The highest BCUT2D eigenvalue weighted by atomic mass is 14.9. The minimum absolute atomic E-state index is 0.527. The second-order valence-electron chi connectivity index (χ2n) is 7.67. The van der Waals surface area contributed by atoms with E-state index in [0.717, 1.165) is 23.8 Å². The minimum atomic E-state index is 0.527. The zero-order chi connectivity index (χ0) is 12.5. The number of piperidine rings is 1. The summed E-state index contributed by atoms with van der Waals surface area (Å²) in [7, 11) is 0. The predicted molar refractivity (Wildman–Crippen MR) is 75.1 cm³/mol. The van der Waals surface area contributed by atoms with Gasteiger partial charge in [0.2, 0.25) is 0 Å². The highest BCUT2D eigenvalue weighted by Gasteiger charge is 2.33. The summed E-state index contributed by atoms with van der Waals surface area (Å²) in [5.41, 5.74) is 0.527. The lowest BCUT2D eigenvalue weighted by Gasteiger charge is -2.41. The van der Waals surface area contributed by atoms with Crippen LogP contribution < -0.4 is 5.32 Å². The van der Waals surface area contributed by atoms with Crippen molar-refractivity contribution < 1.29 is 0 Å². The Kier molecular flexibility index (Phi) is 4.18. The monoisotopic (exact) mass is 237 g/mol. The first-order valence-corrected chi connectivity index (χ1v) is 7.70. The van der Waals surface area contributed by atoms with E-state index in [9.17, 15) is 0 Å². The van der Waals surface area contributed by atoms with Crippen LogP contribution in [0.25, 0.3) is 0 Å². The second kappa shape index (κ2) is 5.30. The topological polar surface area (TPSA) is 12.0 Å². The summed E-state index contributed by atoms with van der Waals surface area (Å²) in [6.07, 6.45) is 8.72. The van der Waals surface area contributed by atoms with E-state index in [-0.39, 0.29) is 0 Å². The molecule has 0 amide bonds.